The summed E-state index contributed by atoms with van der Waals surface area (Å²) in [6, 6.07) is 16.4. The average Bonchev–Trinajstić information content (AvgIpc) is 2.92. The molecule has 0 unspecified atom stereocenters. The van der Waals surface area contributed by atoms with E-state index in [-0.39, 0.29) is 18.4 Å². The van der Waals surface area contributed by atoms with E-state index in [4.69, 9.17) is 4.74 Å². The summed E-state index contributed by atoms with van der Waals surface area (Å²) in [6.07, 6.45) is 9.24. The summed E-state index contributed by atoms with van der Waals surface area (Å²) in [6.45, 7) is 4.18. The van der Waals surface area contributed by atoms with E-state index in [1.54, 1.807) is 36.3 Å². The molecule has 1 heterocycles. The summed E-state index contributed by atoms with van der Waals surface area (Å²) in [5.74, 6) is 1.75. The Hall–Kier alpha value is -2.86. The minimum absolute atomic E-state index is 0.00456. The number of hydrogen-bond donors (Lipinski definition) is 1. The SMILES string of the molecule is COc1ccc(C(=O)N(CC(=O)NCC2CCN(CC3CCCCC3)CC2)c2ccccc2)cc1. The topological polar surface area (TPSA) is 61.9 Å². The number of likely N-dealkylation sites (tertiary alicyclic amines) is 1. The second-order valence-corrected chi connectivity index (χ2v) is 10.0. The fourth-order valence-corrected chi connectivity index (χ4v) is 5.34. The highest BCUT2D eigenvalue weighted by atomic mass is 16.5. The standard InChI is InChI=1S/C29H39N3O3/c1-35-27-14-12-25(13-15-27)29(34)32(26-10-6-3-7-11-26)22-28(33)30-20-23-16-18-31(19-17-23)21-24-8-4-2-5-9-24/h3,6-7,10-15,23-24H,2,4-5,8-9,16-22H2,1H3,(H,30,33). The van der Waals surface area contributed by atoms with Gasteiger partial charge in [-0.1, -0.05) is 37.5 Å². The summed E-state index contributed by atoms with van der Waals surface area (Å²) in [7, 11) is 1.60. The molecule has 2 aromatic carbocycles. The van der Waals surface area contributed by atoms with Gasteiger partial charge in [-0.25, -0.2) is 0 Å². The molecule has 2 amide bonds. The average molecular weight is 478 g/mol. The van der Waals surface area contributed by atoms with Gasteiger partial charge < -0.3 is 15.0 Å². The molecule has 35 heavy (non-hydrogen) atoms. The lowest BCUT2D eigenvalue weighted by Gasteiger charge is -2.35. The number of hydrogen-bond acceptors (Lipinski definition) is 4. The van der Waals surface area contributed by atoms with Gasteiger partial charge in [0.1, 0.15) is 12.3 Å². The van der Waals surface area contributed by atoms with Gasteiger partial charge in [0.25, 0.3) is 5.91 Å². The lowest BCUT2D eigenvalue weighted by molar-refractivity contribution is -0.120. The molecule has 2 fully saturated rings. The van der Waals surface area contributed by atoms with E-state index >= 15 is 0 Å². The molecule has 188 valence electrons. The van der Waals surface area contributed by atoms with Crippen LogP contribution in [0.3, 0.4) is 0 Å². The number of benzene rings is 2. The lowest BCUT2D eigenvalue weighted by Crippen LogP contribution is -2.44. The van der Waals surface area contributed by atoms with Crippen molar-refractivity contribution in [2.45, 2.75) is 44.9 Å². The predicted octanol–water partition coefficient (Wildman–Crippen LogP) is 4.75. The van der Waals surface area contributed by atoms with Crippen LogP contribution in [0.25, 0.3) is 0 Å². The van der Waals surface area contributed by atoms with Crippen LogP contribution in [0.1, 0.15) is 55.3 Å². The van der Waals surface area contributed by atoms with Crippen molar-refractivity contribution >= 4 is 17.5 Å². The second-order valence-electron chi connectivity index (χ2n) is 10.0. The number of carbonyl (C=O) groups is 2. The number of amides is 2. The van der Waals surface area contributed by atoms with Crippen LogP contribution in [0.15, 0.2) is 54.6 Å². The van der Waals surface area contributed by atoms with Gasteiger partial charge in [-0.3, -0.25) is 14.5 Å². The van der Waals surface area contributed by atoms with Gasteiger partial charge in [0.2, 0.25) is 5.91 Å². The molecule has 0 atom stereocenters. The Morgan fingerprint density at radius 2 is 1.60 bits per heavy atom. The van der Waals surface area contributed by atoms with E-state index in [0.717, 1.165) is 31.8 Å². The first kappa shape index (κ1) is 25.2. The Morgan fingerprint density at radius 1 is 0.914 bits per heavy atom. The Morgan fingerprint density at radius 3 is 2.26 bits per heavy atom. The van der Waals surface area contributed by atoms with Crippen molar-refractivity contribution in [2.75, 3.05) is 44.7 Å². The highest BCUT2D eigenvalue weighted by Crippen LogP contribution is 2.26. The van der Waals surface area contributed by atoms with Crippen molar-refractivity contribution in [2.24, 2.45) is 11.8 Å². The van der Waals surface area contributed by atoms with E-state index in [9.17, 15) is 9.59 Å². The summed E-state index contributed by atoms with van der Waals surface area (Å²) in [5, 5.41) is 3.10. The van der Waals surface area contributed by atoms with Crippen LogP contribution in [-0.2, 0) is 4.79 Å². The van der Waals surface area contributed by atoms with Crippen LogP contribution < -0.4 is 15.0 Å². The maximum absolute atomic E-state index is 13.3. The summed E-state index contributed by atoms with van der Waals surface area (Å²) >= 11 is 0. The molecule has 1 saturated carbocycles. The fraction of sp³-hybridized carbons (Fsp3) is 0.517. The molecule has 1 saturated heterocycles. The number of nitrogens with one attached hydrogen (secondary N) is 1. The van der Waals surface area contributed by atoms with Gasteiger partial charge in [0.05, 0.1) is 7.11 Å². The molecule has 4 rings (SSSR count). The number of rotatable bonds is 9. The molecular weight excluding hydrogens is 438 g/mol. The molecule has 0 radical (unpaired) electrons. The number of piperidine rings is 1. The van der Waals surface area contributed by atoms with Gasteiger partial charge in [-0.2, -0.15) is 0 Å². The van der Waals surface area contributed by atoms with Crippen LogP contribution >= 0.6 is 0 Å². The van der Waals surface area contributed by atoms with E-state index in [2.05, 4.69) is 10.2 Å². The third kappa shape index (κ3) is 7.31. The smallest absolute Gasteiger partial charge is 0.258 e. The molecule has 6 heteroatoms. The highest BCUT2D eigenvalue weighted by Gasteiger charge is 2.24. The first-order valence-corrected chi connectivity index (χ1v) is 13.1. The van der Waals surface area contributed by atoms with E-state index in [1.165, 1.54) is 38.6 Å². The van der Waals surface area contributed by atoms with Crippen molar-refractivity contribution in [3.63, 3.8) is 0 Å². The van der Waals surface area contributed by atoms with Crippen LogP contribution in [-0.4, -0.2) is 56.5 Å². The van der Waals surface area contributed by atoms with Gasteiger partial charge in [-0.05, 0) is 87.0 Å². The molecule has 1 aliphatic carbocycles. The van der Waals surface area contributed by atoms with Crippen molar-refractivity contribution < 1.29 is 14.3 Å². The minimum Gasteiger partial charge on any atom is -0.497 e. The first-order chi connectivity index (χ1) is 17.1. The Kier molecular flexibility index (Phi) is 9.18. The van der Waals surface area contributed by atoms with Crippen molar-refractivity contribution in [3.8, 4) is 5.75 Å². The Bertz CT molecular complexity index is 933. The number of carbonyl (C=O) groups excluding carboxylic acids is 2. The van der Waals surface area contributed by atoms with E-state index < -0.39 is 0 Å². The molecule has 0 spiro atoms. The maximum atomic E-state index is 13.3. The normalized spacial score (nSPS) is 17.6. The zero-order valence-electron chi connectivity index (χ0n) is 21.0. The number of methoxy groups -OCH3 is 1. The van der Waals surface area contributed by atoms with Crippen LogP contribution in [0, 0.1) is 11.8 Å². The van der Waals surface area contributed by atoms with Crippen molar-refractivity contribution in [1.82, 2.24) is 10.2 Å². The number of anilines is 1. The molecule has 2 aromatic rings. The molecule has 2 aliphatic rings. The molecule has 1 aliphatic heterocycles. The summed E-state index contributed by atoms with van der Waals surface area (Å²) < 4.78 is 5.20. The Labute approximate surface area is 209 Å². The van der Waals surface area contributed by atoms with Crippen molar-refractivity contribution in [3.05, 3.63) is 60.2 Å². The second kappa shape index (κ2) is 12.7. The zero-order valence-corrected chi connectivity index (χ0v) is 21.0. The van der Waals surface area contributed by atoms with Crippen LogP contribution in [0.4, 0.5) is 5.69 Å². The lowest BCUT2D eigenvalue weighted by atomic mass is 9.88. The number of ether oxygens (including phenoxy) is 1. The summed E-state index contributed by atoms with van der Waals surface area (Å²) in [4.78, 5) is 30.4. The number of nitrogens with zero attached hydrogens (tertiary/aromatic N) is 2. The zero-order chi connectivity index (χ0) is 24.5. The highest BCUT2D eigenvalue weighted by molar-refractivity contribution is 6.08. The van der Waals surface area contributed by atoms with Gasteiger partial charge >= 0.3 is 0 Å². The third-order valence-electron chi connectivity index (χ3n) is 7.49. The molecule has 1 N–H and O–H groups in total. The van der Waals surface area contributed by atoms with Gasteiger partial charge in [0.15, 0.2) is 0 Å². The fourth-order valence-electron chi connectivity index (χ4n) is 5.34. The molecule has 0 aromatic heterocycles. The van der Waals surface area contributed by atoms with E-state index in [0.29, 0.717) is 29.5 Å². The Balaban J connectivity index is 1.28. The largest absolute Gasteiger partial charge is 0.497 e. The quantitative estimate of drug-likeness (QED) is 0.566. The van der Waals surface area contributed by atoms with E-state index in [1.807, 2.05) is 30.3 Å². The van der Waals surface area contributed by atoms with Crippen LogP contribution in [0.2, 0.25) is 0 Å². The van der Waals surface area contributed by atoms with Crippen molar-refractivity contribution in [1.29, 1.82) is 0 Å². The monoisotopic (exact) mass is 477 g/mol. The molecule has 6 nitrogen and oxygen atoms in total. The maximum Gasteiger partial charge on any atom is 0.258 e. The third-order valence-corrected chi connectivity index (χ3v) is 7.49. The van der Waals surface area contributed by atoms with Gasteiger partial charge in [0, 0.05) is 24.3 Å². The van der Waals surface area contributed by atoms with Gasteiger partial charge in [-0.15, -0.1) is 0 Å². The molecular formula is C29H39N3O3. The summed E-state index contributed by atoms with van der Waals surface area (Å²) in [5.41, 5.74) is 1.23. The first-order valence-electron chi connectivity index (χ1n) is 13.1. The number of para-hydroxylation sites is 1. The predicted molar refractivity (Wildman–Crippen MR) is 140 cm³/mol. The minimum atomic E-state index is -0.204. The molecule has 0 bridgehead atoms. The van der Waals surface area contributed by atoms with Crippen LogP contribution in [0.5, 0.6) is 5.75 Å².